The van der Waals surface area contributed by atoms with Gasteiger partial charge in [0, 0.05) is 27.8 Å². The van der Waals surface area contributed by atoms with Crippen molar-refractivity contribution in [1.82, 2.24) is 0 Å². The van der Waals surface area contributed by atoms with Gasteiger partial charge in [-0.1, -0.05) is 23.7 Å². The number of benzene rings is 1. The second kappa shape index (κ2) is 6.90. The van der Waals surface area contributed by atoms with Gasteiger partial charge in [0.25, 0.3) is 0 Å². The van der Waals surface area contributed by atoms with Crippen molar-refractivity contribution in [2.75, 3.05) is 0 Å². The second-order valence-corrected chi connectivity index (χ2v) is 5.10. The molecule has 0 atom stereocenters. The fraction of sp³-hybridized carbons (Fsp3) is 0.154. The fourth-order valence-electron chi connectivity index (χ4n) is 1.38. The first-order chi connectivity index (χ1) is 7.74. The van der Waals surface area contributed by atoms with Gasteiger partial charge in [-0.25, -0.2) is 4.57 Å². The summed E-state index contributed by atoms with van der Waals surface area (Å²) in [6.07, 6.45) is 4.11. The molecule has 0 aliphatic carbocycles. The van der Waals surface area contributed by atoms with Gasteiger partial charge in [0.1, 0.15) is 7.05 Å². The summed E-state index contributed by atoms with van der Waals surface area (Å²) in [5.74, 6) is 0.953. The van der Waals surface area contributed by atoms with Gasteiger partial charge in [0.15, 0.2) is 12.4 Å². The third kappa shape index (κ3) is 4.58. The summed E-state index contributed by atoms with van der Waals surface area (Å²) in [4.78, 5) is 1.28. The van der Waals surface area contributed by atoms with E-state index in [1.807, 2.05) is 41.6 Å². The molecule has 0 aliphatic rings. The van der Waals surface area contributed by atoms with Crippen LogP contribution in [0.25, 0.3) is 0 Å². The molecule has 90 valence electrons. The summed E-state index contributed by atoms with van der Waals surface area (Å²) in [7, 11) is 2.02. The molecule has 0 saturated heterocycles. The second-order valence-electron chi connectivity index (χ2n) is 3.62. The molecule has 0 fully saturated rings. The van der Waals surface area contributed by atoms with Crippen LogP contribution in [0.3, 0.4) is 0 Å². The molecular formula is C13H13Cl2NS. The van der Waals surface area contributed by atoms with Crippen LogP contribution in [-0.2, 0) is 12.8 Å². The zero-order chi connectivity index (χ0) is 11.4. The van der Waals surface area contributed by atoms with Crippen molar-refractivity contribution >= 4 is 23.4 Å². The van der Waals surface area contributed by atoms with E-state index in [4.69, 9.17) is 11.6 Å². The lowest BCUT2D eigenvalue weighted by atomic mass is 10.2. The van der Waals surface area contributed by atoms with Crippen LogP contribution in [0, 0.1) is 0 Å². The van der Waals surface area contributed by atoms with E-state index in [1.165, 1.54) is 10.5 Å². The van der Waals surface area contributed by atoms with E-state index in [0.717, 1.165) is 10.8 Å². The monoisotopic (exact) mass is 285 g/mol. The van der Waals surface area contributed by atoms with E-state index in [2.05, 4.69) is 30.6 Å². The van der Waals surface area contributed by atoms with Gasteiger partial charge in [0.2, 0.25) is 0 Å². The van der Waals surface area contributed by atoms with Crippen molar-refractivity contribution in [1.29, 1.82) is 0 Å². The van der Waals surface area contributed by atoms with Crippen LogP contribution >= 0.6 is 23.4 Å². The highest BCUT2D eigenvalue weighted by Gasteiger charge is 1.99. The van der Waals surface area contributed by atoms with Gasteiger partial charge in [-0.2, -0.15) is 0 Å². The molecule has 17 heavy (non-hydrogen) atoms. The Morgan fingerprint density at radius 1 is 1.18 bits per heavy atom. The van der Waals surface area contributed by atoms with E-state index >= 15 is 0 Å². The molecule has 0 bridgehead atoms. The SMILES string of the molecule is C[n+]1ccc(SCc2cccc(Cl)c2)cc1.[Cl-]. The van der Waals surface area contributed by atoms with Crippen molar-refractivity contribution in [2.45, 2.75) is 10.6 Å². The zero-order valence-electron chi connectivity index (χ0n) is 9.44. The standard InChI is InChI=1S/C13H13ClNS.ClH/c1-15-7-5-13(6-8-15)16-10-11-3-2-4-12(14)9-11;/h2-9H,10H2,1H3;1H/q+1;/p-1. The van der Waals surface area contributed by atoms with Crippen LogP contribution in [0.2, 0.25) is 5.02 Å². The third-order valence-electron chi connectivity index (χ3n) is 2.24. The summed E-state index contributed by atoms with van der Waals surface area (Å²) >= 11 is 7.75. The lowest BCUT2D eigenvalue weighted by Gasteiger charge is -2.01. The Morgan fingerprint density at radius 2 is 1.88 bits per heavy atom. The number of hydrogen-bond donors (Lipinski definition) is 0. The topological polar surface area (TPSA) is 3.88 Å². The molecule has 1 aromatic carbocycles. The molecule has 0 spiro atoms. The van der Waals surface area contributed by atoms with Crippen molar-refractivity contribution in [3.8, 4) is 0 Å². The molecule has 0 amide bonds. The Morgan fingerprint density at radius 3 is 2.53 bits per heavy atom. The fourth-order valence-corrected chi connectivity index (χ4v) is 2.42. The molecule has 2 aromatic rings. The Hall–Kier alpha value is -0.700. The Balaban J connectivity index is 0.00000144. The summed E-state index contributed by atoms with van der Waals surface area (Å²) in [5, 5.41) is 0.803. The van der Waals surface area contributed by atoms with Crippen LogP contribution in [-0.4, -0.2) is 0 Å². The van der Waals surface area contributed by atoms with E-state index in [0.29, 0.717) is 0 Å². The van der Waals surface area contributed by atoms with Crippen LogP contribution in [0.1, 0.15) is 5.56 Å². The Bertz CT molecular complexity index is 471. The number of rotatable bonds is 3. The number of thioether (sulfide) groups is 1. The first-order valence-corrected chi connectivity index (χ1v) is 6.43. The molecule has 0 saturated carbocycles. The van der Waals surface area contributed by atoms with E-state index < -0.39 is 0 Å². The molecule has 1 heterocycles. The Kier molecular flexibility index (Phi) is 5.83. The van der Waals surface area contributed by atoms with Crippen molar-refractivity contribution in [3.63, 3.8) is 0 Å². The number of pyridine rings is 1. The number of aryl methyl sites for hydroxylation is 1. The lowest BCUT2D eigenvalue weighted by molar-refractivity contribution is -0.671. The molecule has 0 radical (unpaired) electrons. The first kappa shape index (κ1) is 14.4. The lowest BCUT2D eigenvalue weighted by Crippen LogP contribution is -3.00. The number of nitrogens with zero attached hydrogens (tertiary/aromatic N) is 1. The normalized spacial score (nSPS) is 9.76. The minimum absolute atomic E-state index is 0. The van der Waals surface area contributed by atoms with Crippen LogP contribution < -0.4 is 17.0 Å². The number of aromatic nitrogens is 1. The van der Waals surface area contributed by atoms with Crippen molar-refractivity contribution in [3.05, 3.63) is 59.4 Å². The van der Waals surface area contributed by atoms with Crippen LogP contribution in [0.5, 0.6) is 0 Å². The molecule has 0 aliphatic heterocycles. The molecule has 0 unspecified atom stereocenters. The first-order valence-electron chi connectivity index (χ1n) is 5.06. The van der Waals surface area contributed by atoms with Crippen LogP contribution in [0.4, 0.5) is 0 Å². The number of hydrogen-bond acceptors (Lipinski definition) is 1. The van der Waals surface area contributed by atoms with Gasteiger partial charge in [0.05, 0.1) is 0 Å². The van der Waals surface area contributed by atoms with Gasteiger partial charge in [-0.3, -0.25) is 0 Å². The molecule has 2 rings (SSSR count). The van der Waals surface area contributed by atoms with Gasteiger partial charge >= 0.3 is 0 Å². The molecule has 1 nitrogen and oxygen atoms in total. The predicted molar refractivity (Wildman–Crippen MR) is 68.6 cm³/mol. The summed E-state index contributed by atoms with van der Waals surface area (Å²) in [6, 6.07) is 12.2. The van der Waals surface area contributed by atoms with Crippen molar-refractivity contribution in [2.24, 2.45) is 7.05 Å². The highest BCUT2D eigenvalue weighted by Crippen LogP contribution is 2.22. The molecule has 0 N–H and O–H groups in total. The largest absolute Gasteiger partial charge is 1.00 e. The maximum atomic E-state index is 5.93. The maximum Gasteiger partial charge on any atom is 0.169 e. The summed E-state index contributed by atoms with van der Waals surface area (Å²) < 4.78 is 2.03. The number of halogens is 2. The van der Waals surface area contributed by atoms with E-state index in [1.54, 1.807) is 0 Å². The zero-order valence-corrected chi connectivity index (χ0v) is 11.8. The molecule has 1 aromatic heterocycles. The average Bonchev–Trinajstić information content (AvgIpc) is 2.28. The minimum Gasteiger partial charge on any atom is -1.00 e. The predicted octanol–water partition coefficient (Wildman–Crippen LogP) is 0.461. The minimum atomic E-state index is 0. The average molecular weight is 286 g/mol. The molecule has 4 heteroatoms. The smallest absolute Gasteiger partial charge is 0.169 e. The van der Waals surface area contributed by atoms with Gasteiger partial charge in [-0.05, 0) is 17.7 Å². The maximum absolute atomic E-state index is 5.93. The third-order valence-corrected chi connectivity index (χ3v) is 3.56. The molecular weight excluding hydrogens is 273 g/mol. The van der Waals surface area contributed by atoms with E-state index in [-0.39, 0.29) is 12.4 Å². The van der Waals surface area contributed by atoms with Gasteiger partial charge in [-0.15, -0.1) is 11.8 Å². The van der Waals surface area contributed by atoms with Gasteiger partial charge < -0.3 is 12.4 Å². The highest BCUT2D eigenvalue weighted by atomic mass is 35.5. The summed E-state index contributed by atoms with van der Waals surface area (Å²) in [5.41, 5.74) is 1.26. The Labute approximate surface area is 117 Å². The van der Waals surface area contributed by atoms with Crippen molar-refractivity contribution < 1.29 is 17.0 Å². The van der Waals surface area contributed by atoms with E-state index in [9.17, 15) is 0 Å². The van der Waals surface area contributed by atoms with Crippen LogP contribution in [0.15, 0.2) is 53.7 Å². The summed E-state index contributed by atoms with van der Waals surface area (Å²) in [6.45, 7) is 0. The highest BCUT2D eigenvalue weighted by molar-refractivity contribution is 7.98. The quantitative estimate of drug-likeness (QED) is 0.586.